The number of rotatable bonds is 4. The van der Waals surface area contributed by atoms with Crippen molar-refractivity contribution in [3.05, 3.63) is 48.0 Å². The molecule has 0 aromatic heterocycles. The van der Waals surface area contributed by atoms with Gasteiger partial charge in [0.25, 0.3) is 0 Å². The first kappa shape index (κ1) is 12.5. The molecule has 0 saturated heterocycles. The number of carbonyl (C=O) groups is 1. The zero-order valence-corrected chi connectivity index (χ0v) is 11.3. The van der Waals surface area contributed by atoms with Crippen LogP contribution in [-0.2, 0) is 10.2 Å². The van der Waals surface area contributed by atoms with Gasteiger partial charge in [0.1, 0.15) is 0 Å². The Morgan fingerprint density at radius 3 is 2.63 bits per heavy atom. The molecule has 1 aromatic rings. The predicted octanol–water partition coefficient (Wildman–Crippen LogP) is 3.19. The maximum absolute atomic E-state index is 12.2. The van der Waals surface area contributed by atoms with Crippen LogP contribution < -0.4 is 5.32 Å². The largest absolute Gasteiger partial charge is 0.355 e. The zero-order valence-electron chi connectivity index (χ0n) is 11.3. The molecule has 0 radical (unpaired) electrons. The van der Waals surface area contributed by atoms with Crippen LogP contribution >= 0.6 is 0 Å². The Hall–Kier alpha value is -1.57. The normalized spacial score (nSPS) is 23.9. The summed E-state index contributed by atoms with van der Waals surface area (Å²) in [5, 5.41) is 3.18. The molecule has 100 valence electrons. The molecule has 3 rings (SSSR count). The summed E-state index contributed by atoms with van der Waals surface area (Å²) in [6.45, 7) is 0.802. The maximum atomic E-state index is 12.2. The van der Waals surface area contributed by atoms with Gasteiger partial charge in [0, 0.05) is 17.9 Å². The first-order valence-electron chi connectivity index (χ1n) is 7.28. The molecule has 1 N–H and O–H groups in total. The monoisotopic (exact) mass is 255 g/mol. The lowest BCUT2D eigenvalue weighted by Gasteiger charge is -2.21. The molecule has 1 aromatic carbocycles. The molecule has 2 aliphatic rings. The lowest BCUT2D eigenvalue weighted by atomic mass is 9.92. The van der Waals surface area contributed by atoms with E-state index < -0.39 is 0 Å². The lowest BCUT2D eigenvalue weighted by molar-refractivity contribution is -0.125. The van der Waals surface area contributed by atoms with E-state index in [-0.39, 0.29) is 17.2 Å². The van der Waals surface area contributed by atoms with Gasteiger partial charge >= 0.3 is 0 Å². The van der Waals surface area contributed by atoms with E-state index in [2.05, 4.69) is 41.7 Å². The van der Waals surface area contributed by atoms with E-state index in [1.54, 1.807) is 0 Å². The van der Waals surface area contributed by atoms with Crippen LogP contribution in [0.3, 0.4) is 0 Å². The molecule has 0 spiro atoms. The van der Waals surface area contributed by atoms with Crippen LogP contribution in [0.15, 0.2) is 42.5 Å². The van der Waals surface area contributed by atoms with E-state index in [1.807, 2.05) is 6.07 Å². The second-order valence-electron chi connectivity index (χ2n) is 5.85. The Morgan fingerprint density at radius 1 is 1.21 bits per heavy atom. The second kappa shape index (κ2) is 5.20. The Balaban J connectivity index is 1.57. The fourth-order valence-corrected chi connectivity index (χ4v) is 2.94. The predicted molar refractivity (Wildman–Crippen MR) is 76.8 cm³/mol. The number of amides is 1. The molecule has 1 saturated carbocycles. The molecule has 1 atom stereocenters. The van der Waals surface area contributed by atoms with Gasteiger partial charge in [-0.3, -0.25) is 4.79 Å². The van der Waals surface area contributed by atoms with Crippen molar-refractivity contribution in [3.8, 4) is 0 Å². The fraction of sp³-hybridized carbons (Fsp3) is 0.471. The standard InChI is InChI=1S/C17H21NO/c19-16(14-7-3-1-4-8-14)18-13-17(11-12-17)15-9-5-2-6-10-15/h1-3,5-6,9-10,14H,4,7-8,11-13H2,(H,18,19)/t14-/m0/s1. The van der Waals surface area contributed by atoms with Gasteiger partial charge in [-0.05, 0) is 37.7 Å². The van der Waals surface area contributed by atoms with Crippen molar-refractivity contribution >= 4 is 5.91 Å². The highest BCUT2D eigenvalue weighted by atomic mass is 16.1. The molecule has 0 unspecified atom stereocenters. The number of hydrogen-bond acceptors (Lipinski definition) is 1. The molecule has 2 nitrogen and oxygen atoms in total. The van der Waals surface area contributed by atoms with E-state index in [1.165, 1.54) is 18.4 Å². The van der Waals surface area contributed by atoms with Gasteiger partial charge in [0.15, 0.2) is 0 Å². The second-order valence-corrected chi connectivity index (χ2v) is 5.85. The molecule has 0 aliphatic heterocycles. The maximum Gasteiger partial charge on any atom is 0.223 e. The topological polar surface area (TPSA) is 29.1 Å². The van der Waals surface area contributed by atoms with E-state index in [4.69, 9.17) is 0 Å². The van der Waals surface area contributed by atoms with Crippen molar-refractivity contribution in [2.24, 2.45) is 5.92 Å². The summed E-state index contributed by atoms with van der Waals surface area (Å²) in [5.41, 5.74) is 1.60. The molecule has 1 fully saturated rings. The van der Waals surface area contributed by atoms with Crippen LogP contribution in [-0.4, -0.2) is 12.5 Å². The summed E-state index contributed by atoms with van der Waals surface area (Å²) >= 11 is 0. The Bertz CT molecular complexity index is 473. The molecule has 0 bridgehead atoms. The third kappa shape index (κ3) is 2.73. The number of carbonyl (C=O) groups excluding carboxylic acids is 1. The van der Waals surface area contributed by atoms with Crippen molar-refractivity contribution in [2.75, 3.05) is 6.54 Å². The van der Waals surface area contributed by atoms with E-state index >= 15 is 0 Å². The zero-order chi connectivity index (χ0) is 13.1. The van der Waals surface area contributed by atoms with Crippen LogP contribution in [0.1, 0.15) is 37.7 Å². The van der Waals surface area contributed by atoms with Gasteiger partial charge in [-0.2, -0.15) is 0 Å². The van der Waals surface area contributed by atoms with Crippen LogP contribution in [0.4, 0.5) is 0 Å². The van der Waals surface area contributed by atoms with Gasteiger partial charge in [-0.25, -0.2) is 0 Å². The summed E-state index contributed by atoms with van der Waals surface area (Å²) in [6, 6.07) is 10.6. The number of nitrogens with one attached hydrogen (secondary N) is 1. The lowest BCUT2D eigenvalue weighted by Crippen LogP contribution is -2.36. The van der Waals surface area contributed by atoms with E-state index in [0.29, 0.717) is 0 Å². The third-order valence-corrected chi connectivity index (χ3v) is 4.48. The number of allylic oxidation sites excluding steroid dienone is 2. The Morgan fingerprint density at radius 2 is 2.00 bits per heavy atom. The minimum Gasteiger partial charge on any atom is -0.355 e. The summed E-state index contributed by atoms with van der Waals surface area (Å²) in [7, 11) is 0. The SMILES string of the molecule is O=C(NCC1(c2ccccc2)CC1)[C@H]1CC=CCC1. The number of benzene rings is 1. The van der Waals surface area contributed by atoms with Crippen LogP contribution in [0, 0.1) is 5.92 Å². The minimum atomic E-state index is 0.191. The van der Waals surface area contributed by atoms with Crippen LogP contribution in [0.2, 0.25) is 0 Å². The molecule has 1 amide bonds. The van der Waals surface area contributed by atoms with Crippen molar-refractivity contribution in [1.82, 2.24) is 5.32 Å². The van der Waals surface area contributed by atoms with Crippen LogP contribution in [0.25, 0.3) is 0 Å². The Labute approximate surface area is 114 Å². The summed E-state index contributed by atoms with van der Waals surface area (Å²) in [4.78, 5) is 12.2. The van der Waals surface area contributed by atoms with Gasteiger partial charge in [-0.15, -0.1) is 0 Å². The molecule has 2 aliphatic carbocycles. The highest BCUT2D eigenvalue weighted by Gasteiger charge is 2.44. The number of hydrogen-bond donors (Lipinski definition) is 1. The van der Waals surface area contributed by atoms with Crippen molar-refractivity contribution in [3.63, 3.8) is 0 Å². The molecular formula is C17H21NO. The molecule has 2 heteroatoms. The first-order chi connectivity index (χ1) is 9.30. The van der Waals surface area contributed by atoms with Crippen LogP contribution in [0.5, 0.6) is 0 Å². The fourth-order valence-electron chi connectivity index (χ4n) is 2.94. The first-order valence-corrected chi connectivity index (χ1v) is 7.28. The third-order valence-electron chi connectivity index (χ3n) is 4.48. The minimum absolute atomic E-state index is 0.191. The van der Waals surface area contributed by atoms with Gasteiger partial charge in [-0.1, -0.05) is 42.5 Å². The van der Waals surface area contributed by atoms with Crippen molar-refractivity contribution in [2.45, 2.75) is 37.5 Å². The average molecular weight is 255 g/mol. The average Bonchev–Trinajstić information content (AvgIpc) is 3.28. The van der Waals surface area contributed by atoms with Gasteiger partial charge in [0.05, 0.1) is 0 Å². The summed E-state index contributed by atoms with van der Waals surface area (Å²) in [5.74, 6) is 0.433. The summed E-state index contributed by atoms with van der Waals surface area (Å²) in [6.07, 6.45) is 9.66. The quantitative estimate of drug-likeness (QED) is 0.823. The van der Waals surface area contributed by atoms with Gasteiger partial charge in [0.2, 0.25) is 5.91 Å². The van der Waals surface area contributed by atoms with E-state index in [9.17, 15) is 4.79 Å². The summed E-state index contributed by atoms with van der Waals surface area (Å²) < 4.78 is 0. The molecule has 0 heterocycles. The Kier molecular flexibility index (Phi) is 3.41. The van der Waals surface area contributed by atoms with Crippen molar-refractivity contribution < 1.29 is 4.79 Å². The van der Waals surface area contributed by atoms with Crippen molar-refractivity contribution in [1.29, 1.82) is 0 Å². The van der Waals surface area contributed by atoms with E-state index in [0.717, 1.165) is 25.8 Å². The van der Waals surface area contributed by atoms with Gasteiger partial charge < -0.3 is 5.32 Å². The smallest absolute Gasteiger partial charge is 0.223 e. The highest BCUT2D eigenvalue weighted by molar-refractivity contribution is 5.79. The molecular weight excluding hydrogens is 234 g/mol. The highest BCUT2D eigenvalue weighted by Crippen LogP contribution is 2.47. The molecule has 19 heavy (non-hydrogen) atoms.